The quantitative estimate of drug-likeness (QED) is 0.845. The Hall–Kier alpha value is -0.610. The van der Waals surface area contributed by atoms with Crippen LogP contribution in [0.4, 0.5) is 0 Å². The minimum Gasteiger partial charge on any atom is -0.378 e. The van der Waals surface area contributed by atoms with E-state index in [1.165, 1.54) is 12.8 Å². The van der Waals surface area contributed by atoms with Gasteiger partial charge in [-0.15, -0.1) is 0 Å². The van der Waals surface area contributed by atoms with E-state index in [2.05, 4.69) is 0 Å². The third-order valence-corrected chi connectivity index (χ3v) is 4.69. The second kappa shape index (κ2) is 7.25. The molecule has 2 fully saturated rings. The van der Waals surface area contributed by atoms with Crippen molar-refractivity contribution in [2.24, 2.45) is 17.6 Å². The van der Waals surface area contributed by atoms with Crippen LogP contribution in [0.25, 0.3) is 0 Å². The lowest BCUT2D eigenvalue weighted by Crippen LogP contribution is -2.46. The molecule has 2 rings (SSSR count). The zero-order valence-electron chi connectivity index (χ0n) is 12.1. The van der Waals surface area contributed by atoms with Gasteiger partial charge in [0, 0.05) is 25.6 Å². The van der Waals surface area contributed by atoms with Gasteiger partial charge in [0.05, 0.1) is 6.10 Å². The van der Waals surface area contributed by atoms with Crippen LogP contribution >= 0.6 is 0 Å². The summed E-state index contributed by atoms with van der Waals surface area (Å²) < 4.78 is 5.64. The van der Waals surface area contributed by atoms with Gasteiger partial charge in [-0.25, -0.2) is 0 Å². The minimum absolute atomic E-state index is 0.183. The van der Waals surface area contributed by atoms with Crippen LogP contribution < -0.4 is 5.73 Å². The predicted molar refractivity (Wildman–Crippen MR) is 75.7 cm³/mol. The van der Waals surface area contributed by atoms with E-state index in [0.29, 0.717) is 24.5 Å². The number of nitrogens with zero attached hydrogens (tertiary/aromatic N) is 1. The molecule has 0 bridgehead atoms. The van der Waals surface area contributed by atoms with Crippen LogP contribution in [0.5, 0.6) is 0 Å². The molecular formula is C15H28N2O2. The predicted octanol–water partition coefficient (Wildman–Crippen LogP) is 1.78. The number of likely N-dealkylation sites (tertiary alicyclic amines) is 1. The van der Waals surface area contributed by atoms with Crippen molar-refractivity contribution in [3.63, 3.8) is 0 Å². The van der Waals surface area contributed by atoms with Crippen molar-refractivity contribution in [3.8, 4) is 0 Å². The van der Waals surface area contributed by atoms with E-state index in [9.17, 15) is 4.79 Å². The summed E-state index contributed by atoms with van der Waals surface area (Å²) in [6.07, 6.45) is 6.90. The first-order valence-corrected chi connectivity index (χ1v) is 7.86. The fraction of sp³-hybridized carbons (Fsp3) is 0.933. The van der Waals surface area contributed by atoms with E-state index in [4.69, 9.17) is 10.5 Å². The van der Waals surface area contributed by atoms with Gasteiger partial charge in [-0.05, 0) is 45.1 Å². The lowest BCUT2D eigenvalue weighted by Gasteiger charge is -2.37. The van der Waals surface area contributed by atoms with E-state index >= 15 is 0 Å². The third kappa shape index (κ3) is 3.69. The van der Waals surface area contributed by atoms with Crippen LogP contribution in [0.1, 0.15) is 45.4 Å². The van der Waals surface area contributed by atoms with Crippen LogP contribution in [0.15, 0.2) is 0 Å². The van der Waals surface area contributed by atoms with Crippen molar-refractivity contribution < 1.29 is 9.53 Å². The molecule has 110 valence electrons. The average molecular weight is 268 g/mol. The van der Waals surface area contributed by atoms with Crippen LogP contribution in [-0.4, -0.2) is 43.2 Å². The van der Waals surface area contributed by atoms with Gasteiger partial charge in [0.1, 0.15) is 0 Å². The van der Waals surface area contributed by atoms with Crippen molar-refractivity contribution in [1.29, 1.82) is 0 Å². The molecule has 0 aromatic rings. The summed E-state index contributed by atoms with van der Waals surface area (Å²) in [6, 6.07) is 0. The number of amides is 1. The third-order valence-electron chi connectivity index (χ3n) is 4.69. The molecule has 4 heteroatoms. The van der Waals surface area contributed by atoms with Crippen molar-refractivity contribution >= 4 is 5.91 Å². The monoisotopic (exact) mass is 268 g/mol. The number of piperidine rings is 1. The molecule has 1 saturated carbocycles. The highest BCUT2D eigenvalue weighted by molar-refractivity contribution is 5.79. The maximum atomic E-state index is 12.6. The fourth-order valence-electron chi connectivity index (χ4n) is 3.53. The molecule has 2 atom stereocenters. The van der Waals surface area contributed by atoms with Gasteiger partial charge < -0.3 is 15.4 Å². The number of carbonyl (C=O) groups is 1. The Morgan fingerprint density at radius 3 is 2.53 bits per heavy atom. The number of nitrogens with two attached hydrogens (primary N) is 1. The molecule has 19 heavy (non-hydrogen) atoms. The first-order valence-electron chi connectivity index (χ1n) is 7.86. The zero-order chi connectivity index (χ0) is 13.7. The van der Waals surface area contributed by atoms with Gasteiger partial charge in [-0.1, -0.05) is 12.8 Å². The molecule has 4 nitrogen and oxygen atoms in total. The van der Waals surface area contributed by atoms with Crippen molar-refractivity contribution in [2.45, 2.75) is 51.6 Å². The number of rotatable bonds is 4. The molecule has 2 N–H and O–H groups in total. The van der Waals surface area contributed by atoms with Gasteiger partial charge in [-0.2, -0.15) is 0 Å². The highest BCUT2D eigenvalue weighted by atomic mass is 16.5. The second-order valence-corrected chi connectivity index (χ2v) is 5.87. The summed E-state index contributed by atoms with van der Waals surface area (Å²) in [5, 5.41) is 0. The molecule has 2 aliphatic rings. The summed E-state index contributed by atoms with van der Waals surface area (Å²) in [7, 11) is 0. The van der Waals surface area contributed by atoms with Crippen LogP contribution in [-0.2, 0) is 9.53 Å². The van der Waals surface area contributed by atoms with E-state index in [-0.39, 0.29) is 5.92 Å². The number of hydrogen-bond acceptors (Lipinski definition) is 3. The molecule has 1 amide bonds. The summed E-state index contributed by atoms with van der Waals surface area (Å²) in [4.78, 5) is 14.7. The molecule has 1 aliphatic heterocycles. The van der Waals surface area contributed by atoms with Gasteiger partial charge in [0.25, 0.3) is 0 Å². The molecule has 1 heterocycles. The van der Waals surface area contributed by atoms with E-state index in [0.717, 1.165) is 45.4 Å². The van der Waals surface area contributed by atoms with Crippen LogP contribution in [0.2, 0.25) is 0 Å². The van der Waals surface area contributed by atoms with E-state index in [1.54, 1.807) is 0 Å². The molecule has 0 spiro atoms. The molecular weight excluding hydrogens is 240 g/mol. The normalized spacial score (nSPS) is 29.5. The zero-order valence-corrected chi connectivity index (χ0v) is 12.1. The highest BCUT2D eigenvalue weighted by Gasteiger charge is 2.34. The smallest absolute Gasteiger partial charge is 0.226 e. The highest BCUT2D eigenvalue weighted by Crippen LogP contribution is 2.31. The SMILES string of the molecule is CCOC1CCN(C(=O)C2CCCCC2CN)CC1. The Morgan fingerprint density at radius 2 is 1.89 bits per heavy atom. The van der Waals surface area contributed by atoms with E-state index < -0.39 is 0 Å². The lowest BCUT2D eigenvalue weighted by molar-refractivity contribution is -0.141. The summed E-state index contributed by atoms with van der Waals surface area (Å²) in [5.74, 6) is 0.943. The molecule has 0 aromatic carbocycles. The minimum atomic E-state index is 0.183. The van der Waals surface area contributed by atoms with Gasteiger partial charge in [0.2, 0.25) is 5.91 Å². The van der Waals surface area contributed by atoms with E-state index in [1.807, 2.05) is 11.8 Å². The molecule has 1 aliphatic carbocycles. The molecule has 0 radical (unpaired) electrons. The maximum Gasteiger partial charge on any atom is 0.226 e. The van der Waals surface area contributed by atoms with Gasteiger partial charge in [0.15, 0.2) is 0 Å². The largest absolute Gasteiger partial charge is 0.378 e. The first-order chi connectivity index (χ1) is 9.26. The number of ether oxygens (including phenoxy) is 1. The van der Waals surface area contributed by atoms with Crippen LogP contribution in [0, 0.1) is 11.8 Å². The standard InChI is InChI=1S/C15H28N2O2/c1-2-19-13-7-9-17(10-8-13)15(18)14-6-4-3-5-12(14)11-16/h12-14H,2-11,16H2,1H3. The molecule has 1 saturated heterocycles. The average Bonchev–Trinajstić information content (AvgIpc) is 2.47. The Bertz CT molecular complexity index is 288. The Kier molecular flexibility index (Phi) is 5.64. The molecule has 0 aromatic heterocycles. The lowest BCUT2D eigenvalue weighted by atomic mass is 9.78. The second-order valence-electron chi connectivity index (χ2n) is 5.87. The van der Waals surface area contributed by atoms with Crippen molar-refractivity contribution in [3.05, 3.63) is 0 Å². The topological polar surface area (TPSA) is 55.6 Å². The number of hydrogen-bond donors (Lipinski definition) is 1. The Morgan fingerprint density at radius 1 is 1.21 bits per heavy atom. The maximum absolute atomic E-state index is 12.6. The van der Waals surface area contributed by atoms with Gasteiger partial charge >= 0.3 is 0 Å². The van der Waals surface area contributed by atoms with Crippen LogP contribution in [0.3, 0.4) is 0 Å². The number of carbonyl (C=O) groups excluding carboxylic acids is 1. The summed E-state index contributed by atoms with van der Waals surface area (Å²) in [5.41, 5.74) is 5.83. The Balaban J connectivity index is 1.86. The Labute approximate surface area is 116 Å². The van der Waals surface area contributed by atoms with Crippen molar-refractivity contribution in [1.82, 2.24) is 4.90 Å². The van der Waals surface area contributed by atoms with Crippen molar-refractivity contribution in [2.75, 3.05) is 26.2 Å². The van der Waals surface area contributed by atoms with Gasteiger partial charge in [-0.3, -0.25) is 4.79 Å². The fourth-order valence-corrected chi connectivity index (χ4v) is 3.53. The summed E-state index contributed by atoms with van der Waals surface area (Å²) >= 11 is 0. The first kappa shape index (κ1) is 14.8. The summed E-state index contributed by atoms with van der Waals surface area (Å²) in [6.45, 7) is 5.18. The molecule has 2 unspecified atom stereocenters.